The lowest BCUT2D eigenvalue weighted by molar-refractivity contribution is -0.132. The number of fused-ring (bicyclic) bond motifs is 1. The van der Waals surface area contributed by atoms with E-state index >= 15 is 0 Å². The number of anilines is 1. The Hall–Kier alpha value is -2.37. The highest BCUT2D eigenvalue weighted by Gasteiger charge is 2.26. The summed E-state index contributed by atoms with van der Waals surface area (Å²) in [6, 6.07) is 4.95. The first kappa shape index (κ1) is 15.0. The van der Waals surface area contributed by atoms with Gasteiger partial charge in [-0.15, -0.1) is 0 Å². The van der Waals surface area contributed by atoms with Gasteiger partial charge in [0.15, 0.2) is 0 Å². The van der Waals surface area contributed by atoms with Crippen molar-refractivity contribution in [1.82, 2.24) is 4.90 Å². The van der Waals surface area contributed by atoms with E-state index in [0.29, 0.717) is 30.6 Å². The molecule has 2 amide bonds. The number of carboxylic acid groups (broad SMARTS) is 1. The van der Waals surface area contributed by atoms with Crippen molar-refractivity contribution in [2.45, 2.75) is 19.8 Å². The molecular formula is C15H18N2O4. The second-order valence-electron chi connectivity index (χ2n) is 5.13. The summed E-state index contributed by atoms with van der Waals surface area (Å²) < 4.78 is 0. The predicted molar refractivity (Wildman–Crippen MR) is 77.4 cm³/mol. The fourth-order valence-corrected chi connectivity index (χ4v) is 2.48. The Kier molecular flexibility index (Phi) is 4.26. The van der Waals surface area contributed by atoms with Crippen molar-refractivity contribution in [2.75, 3.05) is 25.0 Å². The SMILES string of the molecule is CC(=O)N(C)CC(=O)N1CCCc2c(C(=O)O)cccc21. The number of hydrogen-bond acceptors (Lipinski definition) is 3. The van der Waals surface area contributed by atoms with Gasteiger partial charge in [0.1, 0.15) is 0 Å². The Morgan fingerprint density at radius 2 is 2.05 bits per heavy atom. The lowest BCUT2D eigenvalue weighted by atomic mass is 9.96. The first-order valence-electron chi connectivity index (χ1n) is 6.79. The van der Waals surface area contributed by atoms with E-state index in [-0.39, 0.29) is 23.9 Å². The molecule has 0 saturated carbocycles. The van der Waals surface area contributed by atoms with Crippen LogP contribution in [0, 0.1) is 0 Å². The summed E-state index contributed by atoms with van der Waals surface area (Å²) in [6.07, 6.45) is 1.36. The molecule has 0 bridgehead atoms. The zero-order valence-corrected chi connectivity index (χ0v) is 12.1. The Bertz CT molecular complexity index is 597. The number of aromatic carboxylic acids is 1. The molecule has 0 saturated heterocycles. The Morgan fingerprint density at radius 3 is 2.67 bits per heavy atom. The lowest BCUT2D eigenvalue weighted by Gasteiger charge is -2.31. The van der Waals surface area contributed by atoms with Gasteiger partial charge in [-0.2, -0.15) is 0 Å². The molecule has 6 nitrogen and oxygen atoms in total. The monoisotopic (exact) mass is 290 g/mol. The molecule has 112 valence electrons. The summed E-state index contributed by atoms with van der Waals surface area (Å²) in [4.78, 5) is 37.7. The highest BCUT2D eigenvalue weighted by atomic mass is 16.4. The minimum absolute atomic E-state index is 0.00786. The summed E-state index contributed by atoms with van der Waals surface area (Å²) in [7, 11) is 1.57. The summed E-state index contributed by atoms with van der Waals surface area (Å²) in [5.41, 5.74) is 1.57. The van der Waals surface area contributed by atoms with Crippen molar-refractivity contribution in [1.29, 1.82) is 0 Å². The second-order valence-corrected chi connectivity index (χ2v) is 5.13. The molecule has 1 aromatic carbocycles. The summed E-state index contributed by atoms with van der Waals surface area (Å²) in [5.74, 6) is -1.36. The number of amides is 2. The minimum atomic E-state index is -0.984. The number of carbonyl (C=O) groups is 3. The van der Waals surface area contributed by atoms with E-state index in [0.717, 1.165) is 0 Å². The third kappa shape index (κ3) is 3.04. The quantitative estimate of drug-likeness (QED) is 0.905. The van der Waals surface area contributed by atoms with Gasteiger partial charge in [0.25, 0.3) is 0 Å². The fourth-order valence-electron chi connectivity index (χ4n) is 2.48. The van der Waals surface area contributed by atoms with E-state index in [4.69, 9.17) is 0 Å². The maximum atomic E-state index is 12.3. The highest BCUT2D eigenvalue weighted by Crippen LogP contribution is 2.30. The van der Waals surface area contributed by atoms with Gasteiger partial charge < -0.3 is 14.9 Å². The van der Waals surface area contributed by atoms with Crippen LogP contribution in [0.15, 0.2) is 18.2 Å². The zero-order chi connectivity index (χ0) is 15.6. The predicted octanol–water partition coefficient (Wildman–Crippen LogP) is 1.14. The van der Waals surface area contributed by atoms with Gasteiger partial charge in [-0.25, -0.2) is 4.79 Å². The maximum absolute atomic E-state index is 12.3. The van der Waals surface area contributed by atoms with E-state index in [9.17, 15) is 19.5 Å². The van der Waals surface area contributed by atoms with Crippen LogP contribution in [0.4, 0.5) is 5.69 Å². The molecule has 0 fully saturated rings. The molecule has 0 spiro atoms. The van der Waals surface area contributed by atoms with Crippen LogP contribution in [0.25, 0.3) is 0 Å². The summed E-state index contributed by atoms with van der Waals surface area (Å²) >= 11 is 0. The Labute approximate surface area is 123 Å². The number of carbonyl (C=O) groups excluding carboxylic acids is 2. The molecule has 0 aromatic heterocycles. The smallest absolute Gasteiger partial charge is 0.336 e. The number of likely N-dealkylation sites (N-methyl/N-ethyl adjacent to an activating group) is 1. The Balaban J connectivity index is 2.30. The van der Waals surface area contributed by atoms with Gasteiger partial charge in [-0.1, -0.05) is 6.07 Å². The van der Waals surface area contributed by atoms with Crippen molar-refractivity contribution in [3.8, 4) is 0 Å². The molecule has 6 heteroatoms. The topological polar surface area (TPSA) is 77.9 Å². The molecule has 0 atom stereocenters. The summed E-state index contributed by atoms with van der Waals surface area (Å²) in [6.45, 7) is 1.94. The van der Waals surface area contributed by atoms with E-state index in [1.165, 1.54) is 11.8 Å². The molecule has 1 N–H and O–H groups in total. The minimum Gasteiger partial charge on any atom is -0.478 e. The van der Waals surface area contributed by atoms with E-state index in [1.54, 1.807) is 30.1 Å². The van der Waals surface area contributed by atoms with Crippen LogP contribution in [0.3, 0.4) is 0 Å². The van der Waals surface area contributed by atoms with Crippen LogP contribution < -0.4 is 4.90 Å². The van der Waals surface area contributed by atoms with Crippen molar-refractivity contribution < 1.29 is 19.5 Å². The zero-order valence-electron chi connectivity index (χ0n) is 12.1. The average Bonchev–Trinajstić information content (AvgIpc) is 2.45. The van der Waals surface area contributed by atoms with Crippen LogP contribution in [0.1, 0.15) is 29.3 Å². The number of carboxylic acids is 1. The van der Waals surface area contributed by atoms with Gasteiger partial charge in [0.05, 0.1) is 12.1 Å². The normalized spacial score (nSPS) is 13.5. The van der Waals surface area contributed by atoms with Crippen LogP contribution >= 0.6 is 0 Å². The first-order chi connectivity index (χ1) is 9.91. The number of nitrogens with zero attached hydrogens (tertiary/aromatic N) is 2. The third-order valence-corrected chi connectivity index (χ3v) is 3.69. The van der Waals surface area contributed by atoms with Gasteiger partial charge in [-0.3, -0.25) is 9.59 Å². The summed E-state index contributed by atoms with van der Waals surface area (Å²) in [5, 5.41) is 9.23. The van der Waals surface area contributed by atoms with Crippen molar-refractivity contribution >= 4 is 23.5 Å². The first-order valence-corrected chi connectivity index (χ1v) is 6.79. The van der Waals surface area contributed by atoms with Crippen LogP contribution in [-0.4, -0.2) is 47.9 Å². The molecule has 0 radical (unpaired) electrons. The average molecular weight is 290 g/mol. The molecule has 1 aromatic rings. The number of hydrogen-bond donors (Lipinski definition) is 1. The Morgan fingerprint density at radius 1 is 1.33 bits per heavy atom. The van der Waals surface area contributed by atoms with Crippen LogP contribution in [-0.2, 0) is 16.0 Å². The molecular weight excluding hydrogens is 272 g/mol. The highest BCUT2D eigenvalue weighted by molar-refractivity contribution is 6.00. The van der Waals surface area contributed by atoms with Gasteiger partial charge in [0.2, 0.25) is 11.8 Å². The fraction of sp³-hybridized carbons (Fsp3) is 0.400. The van der Waals surface area contributed by atoms with E-state index < -0.39 is 5.97 Å². The molecule has 0 unspecified atom stereocenters. The number of rotatable bonds is 3. The molecule has 2 rings (SSSR count). The van der Waals surface area contributed by atoms with E-state index in [1.807, 2.05) is 0 Å². The van der Waals surface area contributed by atoms with Crippen molar-refractivity contribution in [3.63, 3.8) is 0 Å². The van der Waals surface area contributed by atoms with Crippen molar-refractivity contribution in [3.05, 3.63) is 29.3 Å². The van der Waals surface area contributed by atoms with Gasteiger partial charge in [-0.05, 0) is 30.5 Å². The maximum Gasteiger partial charge on any atom is 0.336 e. The van der Waals surface area contributed by atoms with Crippen LogP contribution in [0.2, 0.25) is 0 Å². The molecule has 1 aliphatic heterocycles. The van der Waals surface area contributed by atoms with Crippen molar-refractivity contribution in [2.24, 2.45) is 0 Å². The molecule has 1 heterocycles. The van der Waals surface area contributed by atoms with Gasteiger partial charge in [0, 0.05) is 26.2 Å². The second kappa shape index (κ2) is 5.95. The lowest BCUT2D eigenvalue weighted by Crippen LogP contribution is -2.43. The van der Waals surface area contributed by atoms with Gasteiger partial charge >= 0.3 is 5.97 Å². The van der Waals surface area contributed by atoms with E-state index in [2.05, 4.69) is 0 Å². The standard InChI is InChI=1S/C15H18N2O4/c1-10(18)16(2)9-14(19)17-8-4-6-11-12(15(20)21)5-3-7-13(11)17/h3,5,7H,4,6,8-9H2,1-2H3,(H,20,21). The molecule has 0 aliphatic carbocycles. The molecule has 1 aliphatic rings. The number of benzene rings is 1. The molecule has 21 heavy (non-hydrogen) atoms. The van der Waals surface area contributed by atoms with Crippen LogP contribution in [0.5, 0.6) is 0 Å². The largest absolute Gasteiger partial charge is 0.478 e. The third-order valence-electron chi connectivity index (χ3n) is 3.69.